The molecule has 12 nitrogen and oxygen atoms in total. The minimum Gasteiger partial charge on any atom is -0.394 e. The van der Waals surface area contributed by atoms with Crippen LogP contribution in [0.15, 0.2) is 12.2 Å². The first-order chi connectivity index (χ1) is 25.5. The van der Waals surface area contributed by atoms with Crippen LogP contribution in [0.25, 0.3) is 0 Å². The van der Waals surface area contributed by atoms with Gasteiger partial charge in [-0.2, -0.15) is 8.42 Å². The quantitative estimate of drug-likeness (QED) is 0.0216. The molecule has 1 heterocycles. The Labute approximate surface area is 321 Å². The van der Waals surface area contributed by atoms with E-state index in [9.17, 15) is 33.6 Å². The molecule has 7 atom stereocenters. The highest BCUT2D eigenvalue weighted by Crippen LogP contribution is 2.26. The summed E-state index contributed by atoms with van der Waals surface area (Å²) in [5.74, 6) is -0.245. The molecule has 1 saturated heterocycles. The lowest BCUT2D eigenvalue weighted by Gasteiger charge is -2.41. The van der Waals surface area contributed by atoms with Crippen LogP contribution in [0.1, 0.15) is 181 Å². The van der Waals surface area contributed by atoms with Crippen LogP contribution >= 0.6 is 0 Å². The topological polar surface area (TPSA) is 192 Å². The zero-order chi connectivity index (χ0) is 39.2. The van der Waals surface area contributed by atoms with Crippen LogP contribution in [-0.2, 0) is 28.9 Å². The third-order valence-electron chi connectivity index (χ3n) is 10.1. The standard InChI is InChI=1S/C40H77NO11S/c1-3-5-7-9-11-13-15-16-17-18-19-20-21-23-25-27-29-34(43)33(41-36(44)30-28-26-24-22-14-12-10-8-6-4-2)32-50-40-38(46)39(52-53(47,48)49)37(45)35(31-42)51-40/h10,12,33-35,37-40,42-43,45-46H,3-9,11,13-32H2,1-2H3,(H,41,44)(H,47,48,49)/b12-10-. The van der Waals surface area contributed by atoms with Gasteiger partial charge in [0.05, 0.1) is 25.4 Å². The number of aliphatic hydroxyl groups excluding tert-OH is 4. The molecule has 0 bridgehead atoms. The van der Waals surface area contributed by atoms with Gasteiger partial charge in [0.1, 0.15) is 24.4 Å². The summed E-state index contributed by atoms with van der Waals surface area (Å²) in [5.41, 5.74) is 0. The van der Waals surface area contributed by atoms with Crippen molar-refractivity contribution in [3.05, 3.63) is 12.2 Å². The molecule has 6 N–H and O–H groups in total. The normalized spacial score (nSPS) is 22.0. The Morgan fingerprint density at radius 2 is 1.23 bits per heavy atom. The van der Waals surface area contributed by atoms with E-state index in [0.717, 1.165) is 57.8 Å². The van der Waals surface area contributed by atoms with Crippen LogP contribution in [0, 0.1) is 0 Å². The van der Waals surface area contributed by atoms with E-state index in [4.69, 9.17) is 14.0 Å². The Hall–Kier alpha value is -1.16. The van der Waals surface area contributed by atoms with Gasteiger partial charge in [-0.15, -0.1) is 0 Å². The maximum absolute atomic E-state index is 12.9. The van der Waals surface area contributed by atoms with Crippen LogP contribution in [0.2, 0.25) is 0 Å². The van der Waals surface area contributed by atoms with E-state index in [1.165, 1.54) is 89.9 Å². The SMILES string of the molecule is CCCC/C=C\CCCCCCC(=O)NC(COC1OC(CO)C(O)C(OS(=O)(=O)O)C1O)C(O)CCCCCCCCCCCCCCCCCC. The van der Waals surface area contributed by atoms with Gasteiger partial charge >= 0.3 is 10.4 Å². The predicted octanol–water partition coefficient (Wildman–Crippen LogP) is 7.21. The lowest BCUT2D eigenvalue weighted by Crippen LogP contribution is -2.61. The molecule has 314 valence electrons. The van der Waals surface area contributed by atoms with Crippen molar-refractivity contribution in [2.24, 2.45) is 0 Å². The number of rotatable bonds is 35. The van der Waals surface area contributed by atoms with Crippen molar-refractivity contribution in [2.45, 2.75) is 224 Å². The zero-order valence-corrected chi connectivity index (χ0v) is 33.9. The van der Waals surface area contributed by atoms with Crippen LogP contribution in [0.4, 0.5) is 0 Å². The van der Waals surface area contributed by atoms with Gasteiger partial charge in [-0.25, -0.2) is 4.18 Å². The number of carbonyl (C=O) groups excluding carboxylic acids is 1. The second kappa shape index (κ2) is 32.0. The molecule has 0 spiro atoms. The molecule has 1 amide bonds. The van der Waals surface area contributed by atoms with Crippen LogP contribution in [0.3, 0.4) is 0 Å². The van der Waals surface area contributed by atoms with Gasteiger partial charge in [-0.05, 0) is 32.1 Å². The van der Waals surface area contributed by atoms with Crippen molar-refractivity contribution in [3.63, 3.8) is 0 Å². The Morgan fingerprint density at radius 3 is 1.75 bits per heavy atom. The van der Waals surface area contributed by atoms with Crippen molar-refractivity contribution in [2.75, 3.05) is 13.2 Å². The van der Waals surface area contributed by atoms with Crippen LogP contribution in [0.5, 0.6) is 0 Å². The average molecular weight is 780 g/mol. The van der Waals surface area contributed by atoms with E-state index in [-0.39, 0.29) is 18.9 Å². The highest BCUT2D eigenvalue weighted by atomic mass is 32.3. The molecule has 1 aliphatic rings. The number of hydrogen-bond acceptors (Lipinski definition) is 10. The third-order valence-corrected chi connectivity index (χ3v) is 10.5. The van der Waals surface area contributed by atoms with Crippen LogP contribution < -0.4 is 5.32 Å². The maximum atomic E-state index is 12.9. The summed E-state index contributed by atoms with van der Waals surface area (Å²) in [6.45, 7) is 3.37. The maximum Gasteiger partial charge on any atom is 0.397 e. The fourth-order valence-corrected chi connectivity index (χ4v) is 7.24. The highest BCUT2D eigenvalue weighted by molar-refractivity contribution is 7.80. The Bertz CT molecular complexity index is 1010. The summed E-state index contributed by atoms with van der Waals surface area (Å²) in [7, 11) is -5.07. The largest absolute Gasteiger partial charge is 0.397 e. The van der Waals surface area contributed by atoms with Gasteiger partial charge < -0.3 is 35.2 Å². The molecular weight excluding hydrogens is 703 g/mol. The molecule has 13 heteroatoms. The number of amides is 1. The number of allylic oxidation sites excluding steroid dienone is 2. The summed E-state index contributed by atoms with van der Waals surface area (Å²) < 4.78 is 47.5. The minimum atomic E-state index is -5.07. The molecule has 7 unspecified atom stereocenters. The number of aliphatic hydroxyl groups is 4. The minimum absolute atomic E-state index is 0.245. The molecule has 1 aliphatic heterocycles. The van der Waals surface area contributed by atoms with Crippen molar-refractivity contribution < 1.29 is 51.8 Å². The number of carbonyl (C=O) groups is 1. The summed E-state index contributed by atoms with van der Waals surface area (Å²) in [4.78, 5) is 12.9. The summed E-state index contributed by atoms with van der Waals surface area (Å²) >= 11 is 0. The van der Waals surface area contributed by atoms with E-state index in [1.54, 1.807) is 0 Å². The number of hydrogen-bond donors (Lipinski definition) is 6. The van der Waals surface area contributed by atoms with E-state index in [1.807, 2.05) is 0 Å². The van der Waals surface area contributed by atoms with E-state index >= 15 is 0 Å². The lowest BCUT2D eigenvalue weighted by atomic mass is 9.99. The first-order valence-electron chi connectivity index (χ1n) is 21.1. The van der Waals surface area contributed by atoms with Gasteiger partial charge in [0.2, 0.25) is 5.91 Å². The van der Waals surface area contributed by atoms with E-state index in [0.29, 0.717) is 12.8 Å². The second-order valence-electron chi connectivity index (χ2n) is 14.9. The Kier molecular flexibility index (Phi) is 30.1. The molecule has 0 aliphatic carbocycles. The Balaban J connectivity index is 2.54. The van der Waals surface area contributed by atoms with Gasteiger partial charge in [0.25, 0.3) is 0 Å². The molecule has 0 aromatic heterocycles. The highest BCUT2D eigenvalue weighted by Gasteiger charge is 2.48. The van der Waals surface area contributed by atoms with Gasteiger partial charge in [-0.1, -0.05) is 154 Å². The third kappa shape index (κ3) is 25.6. The number of nitrogens with one attached hydrogen (secondary N) is 1. The monoisotopic (exact) mass is 780 g/mol. The molecule has 1 rings (SSSR count). The predicted molar refractivity (Wildman–Crippen MR) is 209 cm³/mol. The summed E-state index contributed by atoms with van der Waals surface area (Å²) in [5, 5.41) is 44.6. The van der Waals surface area contributed by atoms with E-state index in [2.05, 4.69) is 35.5 Å². The van der Waals surface area contributed by atoms with Crippen molar-refractivity contribution in [1.82, 2.24) is 5.32 Å². The van der Waals surface area contributed by atoms with Crippen molar-refractivity contribution in [1.29, 1.82) is 0 Å². The lowest BCUT2D eigenvalue weighted by molar-refractivity contribution is -0.298. The van der Waals surface area contributed by atoms with E-state index < -0.39 is 59.9 Å². The van der Waals surface area contributed by atoms with Gasteiger partial charge in [0, 0.05) is 6.42 Å². The zero-order valence-electron chi connectivity index (χ0n) is 33.1. The molecular formula is C40H77NO11S. The van der Waals surface area contributed by atoms with Crippen molar-refractivity contribution in [3.8, 4) is 0 Å². The molecule has 53 heavy (non-hydrogen) atoms. The molecule has 1 fully saturated rings. The number of unbranched alkanes of at least 4 members (excludes halogenated alkanes) is 21. The fraction of sp³-hybridized carbons (Fsp3) is 0.925. The summed E-state index contributed by atoms with van der Waals surface area (Å²) in [6.07, 6.45) is 23.7. The molecule has 0 aromatic carbocycles. The van der Waals surface area contributed by atoms with Gasteiger partial charge in [-0.3, -0.25) is 9.35 Å². The van der Waals surface area contributed by atoms with Crippen LogP contribution in [-0.4, -0.2) is 95.4 Å². The molecule has 0 aromatic rings. The Morgan fingerprint density at radius 1 is 0.736 bits per heavy atom. The first-order valence-corrected chi connectivity index (χ1v) is 22.4. The first kappa shape index (κ1) is 49.9. The summed E-state index contributed by atoms with van der Waals surface area (Å²) in [6, 6.07) is -0.858. The average Bonchev–Trinajstić information content (AvgIpc) is 3.12. The van der Waals surface area contributed by atoms with Gasteiger partial charge in [0.15, 0.2) is 6.29 Å². The van der Waals surface area contributed by atoms with Crippen molar-refractivity contribution >= 4 is 16.3 Å². The smallest absolute Gasteiger partial charge is 0.394 e. The fourth-order valence-electron chi connectivity index (χ4n) is 6.73. The number of ether oxygens (including phenoxy) is 2. The molecule has 0 saturated carbocycles. The second-order valence-corrected chi connectivity index (χ2v) is 16.0. The molecule has 0 radical (unpaired) electrons.